The van der Waals surface area contributed by atoms with Crippen LogP contribution in [0.2, 0.25) is 18.1 Å². The summed E-state index contributed by atoms with van der Waals surface area (Å²) in [5.41, 5.74) is 0. The molecule has 24 heavy (non-hydrogen) atoms. The molecule has 0 unspecified atom stereocenters. The Morgan fingerprint density at radius 3 is 2.08 bits per heavy atom. The summed E-state index contributed by atoms with van der Waals surface area (Å²) in [6.07, 6.45) is 21.1. The van der Waals surface area contributed by atoms with Gasteiger partial charge in [0.1, 0.15) is 6.29 Å². The first-order valence-corrected chi connectivity index (χ1v) is 11.9. The smallest absolute Gasteiger partial charge is 0.192 e. The lowest BCUT2D eigenvalue weighted by atomic mass is 10.2. The highest BCUT2D eigenvalue weighted by atomic mass is 28.4. The summed E-state index contributed by atoms with van der Waals surface area (Å²) >= 11 is 0. The number of hydrogen-bond acceptors (Lipinski definition) is 2. The summed E-state index contributed by atoms with van der Waals surface area (Å²) in [5, 5.41) is 0.148. The first-order chi connectivity index (χ1) is 11.2. The molecular weight excluding hydrogens is 312 g/mol. The highest BCUT2D eigenvalue weighted by Crippen LogP contribution is 2.37. The first-order valence-electron chi connectivity index (χ1n) is 8.99. The van der Waals surface area contributed by atoms with Gasteiger partial charge in [0.15, 0.2) is 8.32 Å². The van der Waals surface area contributed by atoms with Crippen LogP contribution in [-0.4, -0.2) is 20.7 Å². The standard InChI is InChI=1S/C21H36O2Si/c1-7-8-9-10-11-12-13-14-15-16-17-20(18-19-22)23-24(5,6)21(2,3)4/h8-9,11-12,14-17,19-20H,7,10,13,18H2,1-6H3/b9-8-,12-11-,15-14-,17-16+/t20-/m0/s1. The number of aldehydes is 1. The molecule has 0 amide bonds. The molecular formula is C21H36O2Si. The minimum atomic E-state index is -1.85. The van der Waals surface area contributed by atoms with Crippen LogP contribution in [0.1, 0.15) is 53.4 Å². The third kappa shape index (κ3) is 10.6. The third-order valence-electron chi connectivity index (χ3n) is 4.27. The molecule has 0 heterocycles. The minimum Gasteiger partial charge on any atom is -0.410 e. The van der Waals surface area contributed by atoms with E-state index >= 15 is 0 Å². The number of rotatable bonds is 11. The highest BCUT2D eigenvalue weighted by molar-refractivity contribution is 6.74. The van der Waals surface area contributed by atoms with E-state index in [0.29, 0.717) is 6.42 Å². The van der Waals surface area contributed by atoms with Crippen LogP contribution < -0.4 is 0 Å². The zero-order valence-corrected chi connectivity index (χ0v) is 17.4. The topological polar surface area (TPSA) is 26.3 Å². The Morgan fingerprint density at radius 2 is 1.54 bits per heavy atom. The van der Waals surface area contributed by atoms with E-state index < -0.39 is 8.32 Å². The van der Waals surface area contributed by atoms with Crippen LogP contribution in [0.4, 0.5) is 0 Å². The van der Waals surface area contributed by atoms with Gasteiger partial charge in [0.05, 0.1) is 6.10 Å². The van der Waals surface area contributed by atoms with E-state index in [2.05, 4.69) is 71.2 Å². The van der Waals surface area contributed by atoms with Crippen LogP contribution >= 0.6 is 0 Å². The van der Waals surface area contributed by atoms with Crippen LogP contribution in [0.15, 0.2) is 48.6 Å². The van der Waals surface area contributed by atoms with E-state index in [0.717, 1.165) is 25.5 Å². The lowest BCUT2D eigenvalue weighted by Gasteiger charge is -2.38. The molecule has 0 fully saturated rings. The fourth-order valence-electron chi connectivity index (χ4n) is 1.77. The van der Waals surface area contributed by atoms with Gasteiger partial charge in [-0.25, -0.2) is 0 Å². The fraction of sp³-hybridized carbons (Fsp3) is 0.571. The molecule has 0 bridgehead atoms. The van der Waals surface area contributed by atoms with E-state index in [-0.39, 0.29) is 11.1 Å². The van der Waals surface area contributed by atoms with Gasteiger partial charge in [-0.2, -0.15) is 0 Å². The molecule has 2 nitrogen and oxygen atoms in total. The third-order valence-corrected chi connectivity index (χ3v) is 8.77. The van der Waals surface area contributed by atoms with Crippen LogP contribution in [0.3, 0.4) is 0 Å². The van der Waals surface area contributed by atoms with Crippen molar-refractivity contribution in [2.24, 2.45) is 0 Å². The maximum atomic E-state index is 10.9. The number of carbonyl (C=O) groups is 1. The predicted molar refractivity (Wildman–Crippen MR) is 109 cm³/mol. The van der Waals surface area contributed by atoms with Crippen molar-refractivity contribution in [3.05, 3.63) is 48.6 Å². The molecule has 0 saturated carbocycles. The van der Waals surface area contributed by atoms with Crippen molar-refractivity contribution in [1.82, 2.24) is 0 Å². The molecule has 0 aliphatic heterocycles. The molecule has 0 rings (SSSR count). The van der Waals surface area contributed by atoms with E-state index in [1.165, 1.54) is 0 Å². The van der Waals surface area contributed by atoms with Gasteiger partial charge in [-0.05, 0) is 37.4 Å². The van der Waals surface area contributed by atoms with Gasteiger partial charge in [0, 0.05) is 6.42 Å². The molecule has 0 N–H and O–H groups in total. The van der Waals surface area contributed by atoms with Crippen LogP contribution in [0.5, 0.6) is 0 Å². The second-order valence-electron chi connectivity index (χ2n) is 7.45. The quantitative estimate of drug-likeness (QED) is 0.187. The van der Waals surface area contributed by atoms with Crippen molar-refractivity contribution in [3.8, 4) is 0 Å². The number of allylic oxidation sites excluding steroid dienone is 7. The maximum Gasteiger partial charge on any atom is 0.192 e. The largest absolute Gasteiger partial charge is 0.410 e. The molecule has 0 saturated heterocycles. The van der Waals surface area contributed by atoms with E-state index in [4.69, 9.17) is 4.43 Å². The van der Waals surface area contributed by atoms with Crippen molar-refractivity contribution >= 4 is 14.6 Å². The summed E-state index contributed by atoms with van der Waals surface area (Å²) in [6.45, 7) is 13.2. The highest BCUT2D eigenvalue weighted by Gasteiger charge is 2.38. The monoisotopic (exact) mass is 348 g/mol. The normalized spacial score (nSPS) is 15.2. The fourth-order valence-corrected chi connectivity index (χ4v) is 3.06. The zero-order valence-electron chi connectivity index (χ0n) is 16.4. The maximum absolute atomic E-state index is 10.9. The van der Waals surface area contributed by atoms with E-state index in [1.54, 1.807) is 0 Å². The Bertz CT molecular complexity index is 451. The molecule has 0 aromatic heterocycles. The Morgan fingerprint density at radius 1 is 0.958 bits per heavy atom. The molecule has 1 atom stereocenters. The second-order valence-corrected chi connectivity index (χ2v) is 12.2. The molecule has 136 valence electrons. The SMILES string of the molecule is CC/C=C\C/C=C\C/C=C\C=C\[C@@H](CC=O)O[Si](C)(C)C(C)(C)C. The van der Waals surface area contributed by atoms with Gasteiger partial charge in [-0.3, -0.25) is 0 Å². The van der Waals surface area contributed by atoms with Crippen LogP contribution in [-0.2, 0) is 9.22 Å². The predicted octanol–water partition coefficient (Wildman–Crippen LogP) is 6.38. The molecule has 0 aromatic rings. The average Bonchev–Trinajstić information content (AvgIpc) is 2.47. The molecule has 0 aliphatic rings. The van der Waals surface area contributed by atoms with Gasteiger partial charge in [-0.15, -0.1) is 0 Å². The van der Waals surface area contributed by atoms with Gasteiger partial charge < -0.3 is 9.22 Å². The number of carbonyl (C=O) groups excluding carboxylic acids is 1. The second kappa shape index (κ2) is 12.2. The summed E-state index contributed by atoms with van der Waals surface area (Å²) in [7, 11) is -1.85. The molecule has 0 spiro atoms. The van der Waals surface area contributed by atoms with Crippen molar-refractivity contribution in [1.29, 1.82) is 0 Å². The summed E-state index contributed by atoms with van der Waals surface area (Å²) in [6, 6.07) is 0. The van der Waals surface area contributed by atoms with Crippen molar-refractivity contribution < 1.29 is 9.22 Å². The van der Waals surface area contributed by atoms with Crippen molar-refractivity contribution in [2.75, 3.05) is 0 Å². The Hall–Kier alpha value is -1.19. The average molecular weight is 349 g/mol. The van der Waals surface area contributed by atoms with Gasteiger partial charge in [0.25, 0.3) is 0 Å². The van der Waals surface area contributed by atoms with Crippen molar-refractivity contribution in [3.63, 3.8) is 0 Å². The lowest BCUT2D eigenvalue weighted by molar-refractivity contribution is -0.108. The van der Waals surface area contributed by atoms with Crippen LogP contribution in [0, 0.1) is 0 Å². The molecule has 0 aromatic carbocycles. The molecule has 3 heteroatoms. The Balaban J connectivity index is 4.41. The minimum absolute atomic E-state index is 0.122. The summed E-state index contributed by atoms with van der Waals surface area (Å²) in [4.78, 5) is 10.9. The van der Waals surface area contributed by atoms with Crippen molar-refractivity contribution in [2.45, 2.75) is 77.6 Å². The molecule has 0 aliphatic carbocycles. The van der Waals surface area contributed by atoms with Gasteiger partial charge >= 0.3 is 0 Å². The Kier molecular flexibility index (Phi) is 11.6. The first kappa shape index (κ1) is 22.8. The van der Waals surface area contributed by atoms with Gasteiger partial charge in [-0.1, -0.05) is 76.3 Å². The van der Waals surface area contributed by atoms with E-state index in [9.17, 15) is 4.79 Å². The zero-order chi connectivity index (χ0) is 18.5. The van der Waals surface area contributed by atoms with Crippen LogP contribution in [0.25, 0.3) is 0 Å². The van der Waals surface area contributed by atoms with Gasteiger partial charge in [0.2, 0.25) is 0 Å². The number of hydrogen-bond donors (Lipinski definition) is 0. The Labute approximate surface area is 150 Å². The molecule has 0 radical (unpaired) electrons. The summed E-state index contributed by atoms with van der Waals surface area (Å²) < 4.78 is 6.29. The van der Waals surface area contributed by atoms with E-state index in [1.807, 2.05) is 18.2 Å². The lowest BCUT2D eigenvalue weighted by Crippen LogP contribution is -2.43. The summed E-state index contributed by atoms with van der Waals surface area (Å²) in [5.74, 6) is 0.